The number of benzene rings is 2. The fourth-order valence-corrected chi connectivity index (χ4v) is 6.02. The Morgan fingerprint density at radius 1 is 1.11 bits per heavy atom. The maximum atomic E-state index is 12.7. The van der Waals surface area contributed by atoms with Crippen LogP contribution in [0.4, 0.5) is 10.7 Å². The summed E-state index contributed by atoms with van der Waals surface area (Å²) in [4.78, 5) is 40.6. The highest BCUT2D eigenvalue weighted by molar-refractivity contribution is 8.00. The summed E-state index contributed by atoms with van der Waals surface area (Å²) in [6.45, 7) is 2.55. The van der Waals surface area contributed by atoms with Crippen LogP contribution < -0.4 is 20.1 Å². The van der Waals surface area contributed by atoms with E-state index in [4.69, 9.17) is 9.47 Å². The first-order chi connectivity index (χ1) is 18.3. The van der Waals surface area contributed by atoms with Crippen molar-refractivity contribution in [3.63, 3.8) is 0 Å². The number of anilines is 2. The first-order valence-electron chi connectivity index (χ1n) is 11.7. The quantitative estimate of drug-likeness (QED) is 0.396. The predicted octanol–water partition coefficient (Wildman–Crippen LogP) is 4.52. The highest BCUT2D eigenvalue weighted by Crippen LogP contribution is 2.37. The molecule has 1 aromatic heterocycles. The number of carbonyl (C=O) groups excluding carboxylic acids is 3. The number of fused-ring (bicyclic) bond motifs is 1. The van der Waals surface area contributed by atoms with Crippen molar-refractivity contribution < 1.29 is 23.9 Å². The van der Waals surface area contributed by atoms with Crippen LogP contribution in [0.1, 0.15) is 33.3 Å². The molecule has 0 saturated heterocycles. The van der Waals surface area contributed by atoms with Crippen LogP contribution in [-0.2, 0) is 22.6 Å². The van der Waals surface area contributed by atoms with Crippen LogP contribution in [0.2, 0.25) is 0 Å². The average Bonchev–Trinajstić information content (AvgIpc) is 3.27. The van der Waals surface area contributed by atoms with E-state index in [1.54, 1.807) is 41.3 Å². The standard InChI is InChI=1S/C27H26N4O5S2/c1-16(32)31-10-9-20-21(13-28)27(38-24(20)14-31)30-25(33)15-37-19-6-4-5-18(12-19)29-26(34)17-7-8-22(35-2)23(11-17)36-3/h4-8,11-12H,9-10,14-15H2,1-3H3,(H,29,34)(H,30,33). The van der Waals surface area contributed by atoms with Gasteiger partial charge in [0.25, 0.3) is 5.91 Å². The van der Waals surface area contributed by atoms with Crippen LogP contribution in [0, 0.1) is 11.3 Å². The summed E-state index contributed by atoms with van der Waals surface area (Å²) in [5.74, 6) is 0.557. The van der Waals surface area contributed by atoms with Gasteiger partial charge in [0.1, 0.15) is 11.1 Å². The maximum absolute atomic E-state index is 12.7. The molecule has 196 valence electrons. The van der Waals surface area contributed by atoms with E-state index in [0.29, 0.717) is 52.8 Å². The summed E-state index contributed by atoms with van der Waals surface area (Å²) < 4.78 is 10.5. The van der Waals surface area contributed by atoms with Crippen molar-refractivity contribution in [3.05, 3.63) is 64.0 Å². The molecule has 0 spiro atoms. The lowest BCUT2D eigenvalue weighted by atomic mass is 10.0. The molecule has 0 atom stereocenters. The molecule has 0 unspecified atom stereocenters. The second-order valence-electron chi connectivity index (χ2n) is 8.40. The number of nitrogens with one attached hydrogen (secondary N) is 2. The third-order valence-electron chi connectivity index (χ3n) is 5.97. The SMILES string of the molecule is COc1ccc(C(=O)Nc2cccc(SCC(=O)Nc3sc4c(c3C#N)CCN(C(C)=O)C4)c2)cc1OC. The van der Waals surface area contributed by atoms with E-state index in [9.17, 15) is 19.6 Å². The molecule has 0 saturated carbocycles. The molecule has 3 aromatic rings. The summed E-state index contributed by atoms with van der Waals surface area (Å²) in [6.07, 6.45) is 0.598. The lowest BCUT2D eigenvalue weighted by Gasteiger charge is -2.25. The van der Waals surface area contributed by atoms with Crippen molar-refractivity contribution in [1.82, 2.24) is 4.90 Å². The molecule has 1 aliphatic rings. The number of amides is 3. The highest BCUT2D eigenvalue weighted by Gasteiger charge is 2.26. The molecule has 2 N–H and O–H groups in total. The first kappa shape index (κ1) is 27.0. The third kappa shape index (κ3) is 6.10. The van der Waals surface area contributed by atoms with Crippen LogP contribution in [0.15, 0.2) is 47.4 Å². The second kappa shape index (κ2) is 12.0. The van der Waals surface area contributed by atoms with E-state index in [-0.39, 0.29) is 23.5 Å². The van der Waals surface area contributed by atoms with E-state index in [1.165, 1.54) is 44.2 Å². The normalized spacial score (nSPS) is 12.2. The zero-order valence-electron chi connectivity index (χ0n) is 21.1. The molecule has 38 heavy (non-hydrogen) atoms. The number of rotatable bonds is 8. The van der Waals surface area contributed by atoms with Gasteiger partial charge in [-0.3, -0.25) is 14.4 Å². The molecule has 3 amide bonds. The number of hydrogen-bond donors (Lipinski definition) is 2. The second-order valence-corrected chi connectivity index (χ2v) is 10.6. The molecule has 11 heteroatoms. The minimum absolute atomic E-state index is 0.00770. The largest absolute Gasteiger partial charge is 0.493 e. The highest BCUT2D eigenvalue weighted by atomic mass is 32.2. The van der Waals surface area contributed by atoms with Crippen LogP contribution in [0.25, 0.3) is 0 Å². The van der Waals surface area contributed by atoms with Crippen LogP contribution >= 0.6 is 23.1 Å². The summed E-state index contributed by atoms with van der Waals surface area (Å²) in [7, 11) is 3.03. The molecule has 0 bridgehead atoms. The number of thioether (sulfide) groups is 1. The Morgan fingerprint density at radius 3 is 2.61 bits per heavy atom. The van der Waals surface area contributed by atoms with Gasteiger partial charge in [0, 0.05) is 34.5 Å². The van der Waals surface area contributed by atoms with E-state index >= 15 is 0 Å². The van der Waals surface area contributed by atoms with Crippen molar-refractivity contribution in [3.8, 4) is 17.6 Å². The summed E-state index contributed by atoms with van der Waals surface area (Å²) >= 11 is 2.67. The Kier molecular flexibility index (Phi) is 8.55. The van der Waals surface area contributed by atoms with Crippen molar-refractivity contribution in [1.29, 1.82) is 5.26 Å². The minimum atomic E-state index is -0.306. The topological polar surface area (TPSA) is 121 Å². The van der Waals surface area contributed by atoms with Crippen LogP contribution in [0.3, 0.4) is 0 Å². The number of hydrogen-bond acceptors (Lipinski definition) is 8. The Balaban J connectivity index is 1.37. The van der Waals surface area contributed by atoms with Gasteiger partial charge in [-0.05, 0) is 48.4 Å². The average molecular weight is 551 g/mol. The first-order valence-corrected chi connectivity index (χ1v) is 13.5. The predicted molar refractivity (Wildman–Crippen MR) is 147 cm³/mol. The van der Waals surface area contributed by atoms with Gasteiger partial charge in [-0.25, -0.2) is 0 Å². The van der Waals surface area contributed by atoms with Gasteiger partial charge in [0.2, 0.25) is 11.8 Å². The maximum Gasteiger partial charge on any atom is 0.255 e. The lowest BCUT2D eigenvalue weighted by molar-refractivity contribution is -0.129. The molecule has 9 nitrogen and oxygen atoms in total. The van der Waals surface area contributed by atoms with Gasteiger partial charge < -0.3 is 25.0 Å². The third-order valence-corrected chi connectivity index (χ3v) is 8.10. The van der Waals surface area contributed by atoms with E-state index < -0.39 is 0 Å². The molecule has 4 rings (SSSR count). The Morgan fingerprint density at radius 2 is 1.89 bits per heavy atom. The number of carbonyl (C=O) groups is 3. The number of nitriles is 1. The molecule has 0 fully saturated rings. The fraction of sp³-hybridized carbons (Fsp3) is 0.259. The van der Waals surface area contributed by atoms with Gasteiger partial charge in [0.15, 0.2) is 11.5 Å². The van der Waals surface area contributed by atoms with E-state index in [1.807, 2.05) is 6.07 Å². The molecule has 2 aromatic carbocycles. The smallest absolute Gasteiger partial charge is 0.255 e. The number of nitrogens with zero attached hydrogens (tertiary/aromatic N) is 2. The Hall–Kier alpha value is -4.01. The fourth-order valence-electron chi connectivity index (χ4n) is 4.03. The lowest BCUT2D eigenvalue weighted by Crippen LogP contribution is -2.33. The summed E-state index contributed by atoms with van der Waals surface area (Å²) in [5, 5.41) is 15.9. The van der Waals surface area contributed by atoms with Crippen LogP contribution in [-0.4, -0.2) is 49.1 Å². The molecular formula is C27H26N4O5S2. The van der Waals surface area contributed by atoms with E-state index in [0.717, 1.165) is 15.3 Å². The molecule has 0 aliphatic carbocycles. The number of methoxy groups -OCH3 is 2. The van der Waals surface area contributed by atoms with Gasteiger partial charge in [-0.1, -0.05) is 6.07 Å². The summed E-state index contributed by atoms with van der Waals surface area (Å²) in [5.41, 5.74) is 2.39. The molecule has 2 heterocycles. The monoisotopic (exact) mass is 550 g/mol. The van der Waals surface area contributed by atoms with Crippen molar-refractivity contribution >= 4 is 51.5 Å². The number of ether oxygens (including phenoxy) is 2. The zero-order valence-corrected chi connectivity index (χ0v) is 22.8. The Labute approximate surface area is 228 Å². The van der Waals surface area contributed by atoms with Crippen molar-refractivity contribution in [2.45, 2.75) is 24.8 Å². The van der Waals surface area contributed by atoms with Crippen LogP contribution in [0.5, 0.6) is 11.5 Å². The molecule has 0 radical (unpaired) electrons. The zero-order chi connectivity index (χ0) is 27.2. The van der Waals surface area contributed by atoms with Gasteiger partial charge in [-0.2, -0.15) is 5.26 Å². The summed E-state index contributed by atoms with van der Waals surface area (Å²) in [6, 6.07) is 14.3. The van der Waals surface area contributed by atoms with Gasteiger partial charge in [0.05, 0.1) is 32.1 Å². The van der Waals surface area contributed by atoms with Crippen molar-refractivity contribution in [2.75, 3.05) is 37.2 Å². The Bertz CT molecular complexity index is 1430. The number of thiophene rings is 1. The van der Waals surface area contributed by atoms with Gasteiger partial charge >= 0.3 is 0 Å². The van der Waals surface area contributed by atoms with Gasteiger partial charge in [-0.15, -0.1) is 23.1 Å². The molecule has 1 aliphatic heterocycles. The van der Waals surface area contributed by atoms with Crippen molar-refractivity contribution in [2.24, 2.45) is 0 Å². The molecular weight excluding hydrogens is 524 g/mol. The minimum Gasteiger partial charge on any atom is -0.493 e. The van der Waals surface area contributed by atoms with E-state index in [2.05, 4.69) is 16.7 Å².